The first-order chi connectivity index (χ1) is 14.8. The Morgan fingerprint density at radius 1 is 1.09 bits per heavy atom. The Balaban J connectivity index is 2.23. The topological polar surface area (TPSA) is 76.0 Å². The molecule has 1 aromatic carbocycles. The first-order valence-electron chi connectivity index (χ1n) is 10.6. The molecular formula is C23H31F3N4O2. The standard InChI is InChI=1S/C23H31F3N4O2/c1-13(2)9-20(31)28-21(14(3)4)22(32)27-12-17-7-8-18(11-19(17)23(24,25)26)30-16(6)10-15(5)29-30/h7-8,10-11,13-14,21H,9,12H2,1-6H3,(H,27,32)(H,28,31). The van der Waals surface area contributed by atoms with Crippen LogP contribution in [0.1, 0.15) is 56.6 Å². The van der Waals surface area contributed by atoms with Gasteiger partial charge in [-0.05, 0) is 49.4 Å². The fourth-order valence-corrected chi connectivity index (χ4v) is 3.43. The number of nitrogens with one attached hydrogen (secondary N) is 2. The molecule has 176 valence electrons. The molecule has 1 unspecified atom stereocenters. The molecule has 1 aromatic heterocycles. The second-order valence-corrected chi connectivity index (χ2v) is 8.78. The summed E-state index contributed by atoms with van der Waals surface area (Å²) in [5.74, 6) is -0.880. The lowest BCUT2D eigenvalue weighted by Crippen LogP contribution is -2.49. The van der Waals surface area contributed by atoms with Crippen LogP contribution in [0, 0.1) is 25.7 Å². The number of halogens is 3. The Hall–Kier alpha value is -2.84. The number of hydrogen-bond donors (Lipinski definition) is 2. The minimum absolute atomic E-state index is 0.0628. The molecule has 0 aliphatic carbocycles. The molecule has 0 spiro atoms. The van der Waals surface area contributed by atoms with E-state index in [0.29, 0.717) is 17.1 Å². The van der Waals surface area contributed by atoms with Gasteiger partial charge in [-0.25, -0.2) is 4.68 Å². The largest absolute Gasteiger partial charge is 0.416 e. The molecule has 1 atom stereocenters. The molecule has 2 N–H and O–H groups in total. The van der Waals surface area contributed by atoms with Crippen molar-refractivity contribution < 1.29 is 22.8 Å². The molecule has 0 fully saturated rings. The molecule has 0 saturated carbocycles. The Labute approximate surface area is 186 Å². The van der Waals surface area contributed by atoms with Crippen molar-refractivity contribution in [3.63, 3.8) is 0 Å². The van der Waals surface area contributed by atoms with E-state index in [9.17, 15) is 22.8 Å². The van der Waals surface area contributed by atoms with E-state index in [4.69, 9.17) is 0 Å². The lowest BCUT2D eigenvalue weighted by atomic mass is 10.0. The van der Waals surface area contributed by atoms with Gasteiger partial charge in [-0.3, -0.25) is 9.59 Å². The number of amides is 2. The third-order valence-electron chi connectivity index (χ3n) is 4.97. The summed E-state index contributed by atoms with van der Waals surface area (Å²) in [5, 5.41) is 9.47. The first kappa shape index (κ1) is 25.4. The number of carbonyl (C=O) groups excluding carboxylic acids is 2. The number of rotatable bonds is 8. The Morgan fingerprint density at radius 2 is 1.75 bits per heavy atom. The molecule has 0 radical (unpaired) electrons. The van der Waals surface area contributed by atoms with Gasteiger partial charge in [0.1, 0.15) is 6.04 Å². The second-order valence-electron chi connectivity index (χ2n) is 8.78. The Bertz CT molecular complexity index is 965. The van der Waals surface area contributed by atoms with Crippen LogP contribution in [0.4, 0.5) is 13.2 Å². The van der Waals surface area contributed by atoms with Crippen LogP contribution in [0.25, 0.3) is 5.69 Å². The summed E-state index contributed by atoms with van der Waals surface area (Å²) in [6.45, 7) is 10.5. The summed E-state index contributed by atoms with van der Waals surface area (Å²) in [4.78, 5) is 24.7. The van der Waals surface area contributed by atoms with Crippen LogP contribution < -0.4 is 10.6 Å². The van der Waals surface area contributed by atoms with E-state index in [-0.39, 0.29) is 36.3 Å². The second kappa shape index (κ2) is 10.2. The van der Waals surface area contributed by atoms with Crippen molar-refractivity contribution in [3.8, 4) is 5.69 Å². The number of nitrogens with zero attached hydrogens (tertiary/aromatic N) is 2. The van der Waals surface area contributed by atoms with Crippen LogP contribution in [-0.2, 0) is 22.3 Å². The predicted molar refractivity (Wildman–Crippen MR) is 116 cm³/mol. The van der Waals surface area contributed by atoms with E-state index in [1.807, 2.05) is 13.8 Å². The summed E-state index contributed by atoms with van der Waals surface area (Å²) in [7, 11) is 0. The van der Waals surface area contributed by atoms with E-state index in [2.05, 4.69) is 15.7 Å². The summed E-state index contributed by atoms with van der Waals surface area (Å²) >= 11 is 0. The summed E-state index contributed by atoms with van der Waals surface area (Å²) in [5.41, 5.74) is 0.805. The smallest absolute Gasteiger partial charge is 0.350 e. The molecule has 9 heteroatoms. The van der Waals surface area contributed by atoms with Gasteiger partial charge in [0.25, 0.3) is 0 Å². The van der Waals surface area contributed by atoms with Gasteiger partial charge in [0.2, 0.25) is 11.8 Å². The maximum atomic E-state index is 13.8. The van der Waals surface area contributed by atoms with Gasteiger partial charge < -0.3 is 10.6 Å². The number of carbonyl (C=O) groups is 2. The van der Waals surface area contributed by atoms with Crippen LogP contribution in [0.3, 0.4) is 0 Å². The zero-order valence-corrected chi connectivity index (χ0v) is 19.3. The van der Waals surface area contributed by atoms with Crippen molar-refractivity contribution in [2.45, 2.75) is 66.7 Å². The van der Waals surface area contributed by atoms with Crippen LogP contribution in [0.5, 0.6) is 0 Å². The number of benzene rings is 1. The molecule has 2 rings (SSSR count). The highest BCUT2D eigenvalue weighted by molar-refractivity contribution is 5.87. The molecule has 6 nitrogen and oxygen atoms in total. The molecule has 1 heterocycles. The SMILES string of the molecule is Cc1cc(C)n(-c2ccc(CNC(=O)C(NC(=O)CC(C)C)C(C)C)c(C(F)(F)F)c2)n1. The maximum Gasteiger partial charge on any atom is 0.416 e. The molecule has 0 aliphatic heterocycles. The lowest BCUT2D eigenvalue weighted by molar-refractivity contribution is -0.138. The van der Waals surface area contributed by atoms with Gasteiger partial charge in [0, 0.05) is 18.7 Å². The lowest BCUT2D eigenvalue weighted by Gasteiger charge is -2.23. The normalized spacial score (nSPS) is 12.8. The third-order valence-corrected chi connectivity index (χ3v) is 4.97. The molecule has 0 bridgehead atoms. The molecule has 2 amide bonds. The number of hydrogen-bond acceptors (Lipinski definition) is 3. The van der Waals surface area contributed by atoms with Crippen LogP contribution in [0.15, 0.2) is 24.3 Å². The molecule has 0 saturated heterocycles. The summed E-state index contributed by atoms with van der Waals surface area (Å²) in [6, 6.07) is 4.87. The van der Waals surface area contributed by atoms with E-state index in [1.54, 1.807) is 39.8 Å². The van der Waals surface area contributed by atoms with Gasteiger partial charge in [-0.2, -0.15) is 18.3 Å². The first-order valence-corrected chi connectivity index (χ1v) is 10.6. The average Bonchev–Trinajstić information content (AvgIpc) is 3.00. The van der Waals surface area contributed by atoms with Crippen molar-refractivity contribution in [3.05, 3.63) is 46.8 Å². The minimum atomic E-state index is -4.60. The number of aromatic nitrogens is 2. The monoisotopic (exact) mass is 452 g/mol. The van der Waals surface area contributed by atoms with Crippen molar-refractivity contribution >= 4 is 11.8 Å². The zero-order chi connectivity index (χ0) is 24.2. The highest BCUT2D eigenvalue weighted by Crippen LogP contribution is 2.33. The number of alkyl halides is 3. The van der Waals surface area contributed by atoms with Crippen molar-refractivity contribution in [1.29, 1.82) is 0 Å². The van der Waals surface area contributed by atoms with E-state index in [1.165, 1.54) is 10.7 Å². The van der Waals surface area contributed by atoms with Gasteiger partial charge >= 0.3 is 6.18 Å². The fraction of sp³-hybridized carbons (Fsp3) is 0.522. The Morgan fingerprint density at radius 3 is 2.25 bits per heavy atom. The molecule has 0 aliphatic rings. The summed E-state index contributed by atoms with van der Waals surface area (Å²) in [6.07, 6.45) is -4.34. The van der Waals surface area contributed by atoms with Crippen molar-refractivity contribution in [2.24, 2.45) is 11.8 Å². The van der Waals surface area contributed by atoms with Crippen LogP contribution >= 0.6 is 0 Å². The minimum Gasteiger partial charge on any atom is -0.350 e. The van der Waals surface area contributed by atoms with E-state index < -0.39 is 23.7 Å². The van der Waals surface area contributed by atoms with Gasteiger partial charge in [-0.15, -0.1) is 0 Å². The molecule has 2 aromatic rings. The summed E-state index contributed by atoms with van der Waals surface area (Å²) < 4.78 is 42.7. The van der Waals surface area contributed by atoms with E-state index >= 15 is 0 Å². The third kappa shape index (κ3) is 6.58. The molecular weight excluding hydrogens is 421 g/mol. The van der Waals surface area contributed by atoms with Gasteiger partial charge in [-0.1, -0.05) is 33.8 Å². The predicted octanol–water partition coefficient (Wildman–Crippen LogP) is 4.31. The highest BCUT2D eigenvalue weighted by atomic mass is 19.4. The average molecular weight is 453 g/mol. The molecule has 32 heavy (non-hydrogen) atoms. The van der Waals surface area contributed by atoms with Crippen molar-refractivity contribution in [1.82, 2.24) is 20.4 Å². The van der Waals surface area contributed by atoms with Crippen molar-refractivity contribution in [2.75, 3.05) is 0 Å². The van der Waals surface area contributed by atoms with Gasteiger partial charge in [0.05, 0.1) is 16.9 Å². The quantitative estimate of drug-likeness (QED) is 0.627. The zero-order valence-electron chi connectivity index (χ0n) is 19.3. The van der Waals surface area contributed by atoms with Gasteiger partial charge in [0.15, 0.2) is 0 Å². The maximum absolute atomic E-state index is 13.8. The number of aryl methyl sites for hydroxylation is 2. The highest BCUT2D eigenvalue weighted by Gasteiger charge is 2.34. The van der Waals surface area contributed by atoms with E-state index in [0.717, 1.165) is 6.07 Å². The van der Waals surface area contributed by atoms with Crippen LogP contribution in [-0.4, -0.2) is 27.6 Å². The Kier molecular flexibility index (Phi) is 8.09. The fourth-order valence-electron chi connectivity index (χ4n) is 3.43. The van der Waals surface area contributed by atoms with Crippen LogP contribution in [0.2, 0.25) is 0 Å².